The first-order valence-electron chi connectivity index (χ1n) is 5.64. The SMILES string of the molecule is CCCC(C#N)C(=O)Nc1ccc([N+](=O)[O-])cc1Br. The number of nitrogens with one attached hydrogen (secondary N) is 1. The van der Waals surface area contributed by atoms with E-state index < -0.39 is 16.7 Å². The summed E-state index contributed by atoms with van der Waals surface area (Å²) in [5.74, 6) is -1.12. The fraction of sp³-hybridized carbons (Fsp3) is 0.333. The van der Waals surface area contributed by atoms with Crippen molar-refractivity contribution in [2.75, 3.05) is 5.32 Å². The van der Waals surface area contributed by atoms with Crippen molar-refractivity contribution >= 4 is 33.2 Å². The Labute approximate surface area is 118 Å². The standard InChI is InChI=1S/C12H12BrN3O3/c1-2-3-8(7-14)12(17)15-11-5-4-9(16(18)19)6-10(11)13/h4-6,8H,2-3H2,1H3,(H,15,17). The number of carbonyl (C=O) groups is 1. The average molecular weight is 326 g/mol. The molecule has 100 valence electrons. The summed E-state index contributed by atoms with van der Waals surface area (Å²) in [6.45, 7) is 1.89. The summed E-state index contributed by atoms with van der Waals surface area (Å²) in [7, 11) is 0. The summed E-state index contributed by atoms with van der Waals surface area (Å²) in [6.07, 6.45) is 1.21. The third-order valence-electron chi connectivity index (χ3n) is 2.47. The minimum absolute atomic E-state index is 0.0738. The number of carbonyl (C=O) groups excluding carboxylic acids is 1. The Morgan fingerprint density at radius 1 is 1.63 bits per heavy atom. The van der Waals surface area contributed by atoms with E-state index in [1.165, 1.54) is 18.2 Å². The maximum Gasteiger partial charge on any atom is 0.270 e. The monoisotopic (exact) mass is 325 g/mol. The molecule has 1 atom stereocenters. The Hall–Kier alpha value is -1.94. The van der Waals surface area contributed by atoms with Gasteiger partial charge < -0.3 is 5.32 Å². The van der Waals surface area contributed by atoms with Crippen LogP contribution >= 0.6 is 15.9 Å². The van der Waals surface area contributed by atoms with Crippen molar-refractivity contribution in [1.29, 1.82) is 5.26 Å². The van der Waals surface area contributed by atoms with E-state index in [-0.39, 0.29) is 5.69 Å². The first-order chi connectivity index (χ1) is 8.99. The number of nitro benzene ring substituents is 1. The van der Waals surface area contributed by atoms with Gasteiger partial charge in [0, 0.05) is 16.6 Å². The molecule has 19 heavy (non-hydrogen) atoms. The summed E-state index contributed by atoms with van der Waals surface area (Å²) in [5.41, 5.74) is 0.335. The number of non-ortho nitro benzene ring substituents is 1. The van der Waals surface area contributed by atoms with Gasteiger partial charge in [-0.25, -0.2) is 0 Å². The normalized spacial score (nSPS) is 11.4. The van der Waals surface area contributed by atoms with E-state index in [4.69, 9.17) is 5.26 Å². The second-order valence-corrected chi connectivity index (χ2v) is 4.74. The number of amides is 1. The average Bonchev–Trinajstić information content (AvgIpc) is 2.37. The van der Waals surface area contributed by atoms with Gasteiger partial charge in [0.1, 0.15) is 5.92 Å². The third-order valence-corrected chi connectivity index (χ3v) is 3.13. The molecule has 0 radical (unpaired) electrons. The fourth-order valence-electron chi connectivity index (χ4n) is 1.48. The van der Waals surface area contributed by atoms with E-state index in [1.54, 1.807) is 0 Å². The number of nitriles is 1. The molecule has 1 rings (SSSR count). The molecule has 0 bridgehead atoms. The molecular formula is C12H12BrN3O3. The van der Waals surface area contributed by atoms with Crippen LogP contribution in [0.3, 0.4) is 0 Å². The molecular weight excluding hydrogens is 314 g/mol. The molecule has 1 aromatic rings. The molecule has 0 fully saturated rings. The van der Waals surface area contributed by atoms with Crippen molar-refractivity contribution < 1.29 is 9.72 Å². The molecule has 7 heteroatoms. The largest absolute Gasteiger partial charge is 0.324 e. The van der Waals surface area contributed by atoms with E-state index >= 15 is 0 Å². The summed E-state index contributed by atoms with van der Waals surface area (Å²) in [4.78, 5) is 21.9. The van der Waals surface area contributed by atoms with Gasteiger partial charge in [-0.05, 0) is 28.4 Å². The molecule has 1 amide bonds. The third kappa shape index (κ3) is 4.03. The molecule has 0 aliphatic rings. The maximum atomic E-state index is 11.8. The molecule has 6 nitrogen and oxygen atoms in total. The number of anilines is 1. The molecule has 0 heterocycles. The second kappa shape index (κ2) is 6.85. The van der Waals surface area contributed by atoms with Gasteiger partial charge in [0.15, 0.2) is 0 Å². The lowest BCUT2D eigenvalue weighted by molar-refractivity contribution is -0.384. The van der Waals surface area contributed by atoms with E-state index in [2.05, 4.69) is 21.2 Å². The van der Waals surface area contributed by atoms with E-state index in [9.17, 15) is 14.9 Å². The second-order valence-electron chi connectivity index (χ2n) is 3.88. The van der Waals surface area contributed by atoms with Gasteiger partial charge in [-0.1, -0.05) is 13.3 Å². The quantitative estimate of drug-likeness (QED) is 0.663. The van der Waals surface area contributed by atoms with E-state index in [0.717, 1.165) is 6.42 Å². The van der Waals surface area contributed by atoms with Crippen molar-refractivity contribution in [3.05, 3.63) is 32.8 Å². The molecule has 0 saturated carbocycles. The van der Waals surface area contributed by atoms with Gasteiger partial charge in [0.05, 0.1) is 16.7 Å². The fourth-order valence-corrected chi connectivity index (χ4v) is 1.95. The predicted molar refractivity (Wildman–Crippen MR) is 73.4 cm³/mol. The highest BCUT2D eigenvalue weighted by atomic mass is 79.9. The Bertz CT molecular complexity index is 540. The Morgan fingerprint density at radius 3 is 2.79 bits per heavy atom. The summed E-state index contributed by atoms with van der Waals surface area (Å²) in [5, 5.41) is 22.0. The maximum absolute atomic E-state index is 11.8. The van der Waals surface area contributed by atoms with E-state index in [0.29, 0.717) is 16.6 Å². The first kappa shape index (κ1) is 15.1. The highest BCUT2D eigenvalue weighted by molar-refractivity contribution is 9.10. The van der Waals surface area contributed by atoms with Gasteiger partial charge in [-0.2, -0.15) is 5.26 Å². The zero-order valence-electron chi connectivity index (χ0n) is 10.2. The topological polar surface area (TPSA) is 96.0 Å². The lowest BCUT2D eigenvalue weighted by atomic mass is 10.0. The van der Waals surface area contributed by atoms with Crippen molar-refractivity contribution in [3.63, 3.8) is 0 Å². The van der Waals surface area contributed by atoms with Crippen LogP contribution in [-0.4, -0.2) is 10.8 Å². The number of rotatable bonds is 5. The highest BCUT2D eigenvalue weighted by Gasteiger charge is 2.18. The van der Waals surface area contributed by atoms with Crippen LogP contribution in [0.5, 0.6) is 0 Å². The zero-order chi connectivity index (χ0) is 14.4. The van der Waals surface area contributed by atoms with Crippen LogP contribution in [0.2, 0.25) is 0 Å². The molecule has 0 spiro atoms. The number of hydrogen-bond donors (Lipinski definition) is 1. The molecule has 1 aromatic carbocycles. The number of halogens is 1. The van der Waals surface area contributed by atoms with Crippen LogP contribution in [0.15, 0.2) is 22.7 Å². The van der Waals surface area contributed by atoms with Gasteiger partial charge in [-0.15, -0.1) is 0 Å². The molecule has 0 saturated heterocycles. The molecule has 0 aromatic heterocycles. The number of nitrogens with zero attached hydrogens (tertiary/aromatic N) is 2. The van der Waals surface area contributed by atoms with Gasteiger partial charge in [0.25, 0.3) is 5.69 Å². The minimum atomic E-state index is -0.716. The lowest BCUT2D eigenvalue weighted by Crippen LogP contribution is -2.21. The molecule has 1 unspecified atom stereocenters. The number of benzene rings is 1. The van der Waals surface area contributed by atoms with Gasteiger partial charge in [0.2, 0.25) is 5.91 Å². The molecule has 0 aliphatic heterocycles. The van der Waals surface area contributed by atoms with Gasteiger partial charge in [-0.3, -0.25) is 14.9 Å². The summed E-state index contributed by atoms with van der Waals surface area (Å²) < 4.78 is 0.406. The molecule has 0 aliphatic carbocycles. The van der Waals surface area contributed by atoms with Crippen molar-refractivity contribution in [1.82, 2.24) is 0 Å². The van der Waals surface area contributed by atoms with Crippen LogP contribution in [0.4, 0.5) is 11.4 Å². The first-order valence-corrected chi connectivity index (χ1v) is 6.43. The van der Waals surface area contributed by atoms with E-state index in [1.807, 2.05) is 13.0 Å². The summed E-state index contributed by atoms with van der Waals surface area (Å²) in [6, 6.07) is 5.96. The summed E-state index contributed by atoms with van der Waals surface area (Å²) >= 11 is 3.15. The van der Waals surface area contributed by atoms with Crippen LogP contribution in [0, 0.1) is 27.4 Å². The number of hydrogen-bond acceptors (Lipinski definition) is 4. The van der Waals surface area contributed by atoms with Gasteiger partial charge >= 0.3 is 0 Å². The van der Waals surface area contributed by atoms with Crippen molar-refractivity contribution in [2.24, 2.45) is 5.92 Å². The minimum Gasteiger partial charge on any atom is -0.324 e. The highest BCUT2D eigenvalue weighted by Crippen LogP contribution is 2.27. The van der Waals surface area contributed by atoms with Crippen LogP contribution in [-0.2, 0) is 4.79 Å². The van der Waals surface area contributed by atoms with Crippen LogP contribution in [0.1, 0.15) is 19.8 Å². The predicted octanol–water partition coefficient (Wildman–Crippen LogP) is 3.24. The Morgan fingerprint density at radius 2 is 2.32 bits per heavy atom. The smallest absolute Gasteiger partial charge is 0.270 e. The Kier molecular flexibility index (Phi) is 5.45. The van der Waals surface area contributed by atoms with Crippen LogP contribution in [0.25, 0.3) is 0 Å². The molecule has 1 N–H and O–H groups in total. The Balaban J connectivity index is 2.86. The number of nitro groups is 1. The van der Waals surface area contributed by atoms with Crippen LogP contribution < -0.4 is 5.32 Å². The lowest BCUT2D eigenvalue weighted by Gasteiger charge is -2.10. The van der Waals surface area contributed by atoms with Crippen molar-refractivity contribution in [3.8, 4) is 6.07 Å². The zero-order valence-corrected chi connectivity index (χ0v) is 11.8. The van der Waals surface area contributed by atoms with Crippen molar-refractivity contribution in [2.45, 2.75) is 19.8 Å².